The monoisotopic (exact) mass is 309 g/mol. The summed E-state index contributed by atoms with van der Waals surface area (Å²) in [6.07, 6.45) is 0.914. The molecule has 0 saturated carbocycles. The highest BCUT2D eigenvalue weighted by atomic mass is 19.1. The van der Waals surface area contributed by atoms with Crippen LogP contribution in [0.2, 0.25) is 0 Å². The molecule has 1 aromatic carbocycles. The molecule has 0 fully saturated rings. The topological polar surface area (TPSA) is 45.7 Å². The predicted octanol–water partition coefficient (Wildman–Crippen LogP) is 2.69. The highest BCUT2D eigenvalue weighted by Gasteiger charge is 2.23. The number of methoxy groups -OCH3 is 1. The van der Waals surface area contributed by atoms with Crippen LogP contribution in [-0.4, -0.2) is 39.3 Å². The average molecular weight is 309 g/mol. The van der Waals surface area contributed by atoms with Crippen molar-refractivity contribution in [1.29, 1.82) is 0 Å². The summed E-state index contributed by atoms with van der Waals surface area (Å²) in [5, 5.41) is 6.46. The summed E-state index contributed by atoms with van der Waals surface area (Å²) in [4.78, 5) is 4.59. The van der Waals surface area contributed by atoms with Gasteiger partial charge in [-0.15, -0.1) is 0 Å². The first kappa shape index (κ1) is 18.4. The first-order chi connectivity index (χ1) is 10.5. The van der Waals surface area contributed by atoms with Gasteiger partial charge in [-0.2, -0.15) is 0 Å². The number of ether oxygens (including phenoxy) is 1. The molecule has 2 N–H and O–H groups in total. The van der Waals surface area contributed by atoms with Gasteiger partial charge in [-0.05, 0) is 25.0 Å². The van der Waals surface area contributed by atoms with E-state index in [9.17, 15) is 4.39 Å². The predicted molar refractivity (Wildman–Crippen MR) is 89.9 cm³/mol. The molecule has 0 aliphatic rings. The van der Waals surface area contributed by atoms with E-state index in [1.165, 1.54) is 6.07 Å². The van der Waals surface area contributed by atoms with Gasteiger partial charge >= 0.3 is 0 Å². The second kappa shape index (κ2) is 9.41. The number of hydrogen-bond donors (Lipinski definition) is 2. The maximum absolute atomic E-state index is 14.0. The van der Waals surface area contributed by atoms with E-state index in [2.05, 4.69) is 15.6 Å². The number of hydrogen-bond acceptors (Lipinski definition) is 2. The van der Waals surface area contributed by atoms with Gasteiger partial charge in [0, 0.05) is 32.2 Å². The average Bonchev–Trinajstić information content (AvgIpc) is 2.49. The van der Waals surface area contributed by atoms with Crippen LogP contribution in [0.3, 0.4) is 0 Å². The fraction of sp³-hybridized carbons (Fsp3) is 0.588. The molecular formula is C17H28FN3O. The summed E-state index contributed by atoms with van der Waals surface area (Å²) in [6.45, 7) is 8.83. The summed E-state index contributed by atoms with van der Waals surface area (Å²) in [5.74, 6) is 0.573. The van der Waals surface area contributed by atoms with Crippen molar-refractivity contribution in [2.75, 3.05) is 33.4 Å². The first-order valence-corrected chi connectivity index (χ1v) is 7.77. The summed E-state index contributed by atoms with van der Waals surface area (Å²) in [6, 6.07) is 6.89. The third kappa shape index (κ3) is 6.02. The van der Waals surface area contributed by atoms with Gasteiger partial charge in [0.05, 0.1) is 6.54 Å². The van der Waals surface area contributed by atoms with Gasteiger partial charge in [0.15, 0.2) is 5.96 Å². The minimum Gasteiger partial charge on any atom is -0.385 e. The van der Waals surface area contributed by atoms with Crippen LogP contribution in [0.5, 0.6) is 0 Å². The molecule has 22 heavy (non-hydrogen) atoms. The van der Waals surface area contributed by atoms with Crippen molar-refractivity contribution >= 4 is 5.96 Å². The normalized spacial score (nSPS) is 12.3. The Hall–Kier alpha value is -1.62. The van der Waals surface area contributed by atoms with E-state index in [1.807, 2.05) is 32.9 Å². The molecule has 0 heterocycles. The van der Waals surface area contributed by atoms with Crippen molar-refractivity contribution in [1.82, 2.24) is 10.6 Å². The second-order valence-electron chi connectivity index (χ2n) is 5.83. The first-order valence-electron chi connectivity index (χ1n) is 7.77. The number of halogens is 1. The lowest BCUT2D eigenvalue weighted by Crippen LogP contribution is -2.39. The zero-order chi connectivity index (χ0) is 16.4. The van der Waals surface area contributed by atoms with Crippen LogP contribution >= 0.6 is 0 Å². The van der Waals surface area contributed by atoms with Crippen molar-refractivity contribution in [3.8, 4) is 0 Å². The molecule has 0 aliphatic carbocycles. The standard InChI is InChI=1S/C17H28FN3O/c1-5-19-16(20-11-8-12-22-4)21-13-17(2,3)14-9-6-7-10-15(14)18/h6-7,9-10H,5,8,11-13H2,1-4H3,(H2,19,20,21). The Morgan fingerprint density at radius 2 is 2.00 bits per heavy atom. The minimum absolute atomic E-state index is 0.180. The molecule has 4 nitrogen and oxygen atoms in total. The molecule has 5 heteroatoms. The summed E-state index contributed by atoms with van der Waals surface area (Å²) >= 11 is 0. The number of rotatable bonds is 8. The fourth-order valence-corrected chi connectivity index (χ4v) is 2.14. The SMILES string of the molecule is CCNC(=NCC(C)(C)c1ccccc1F)NCCCOC. The molecule has 0 atom stereocenters. The molecule has 0 bridgehead atoms. The quantitative estimate of drug-likeness (QED) is 0.441. The Morgan fingerprint density at radius 1 is 1.27 bits per heavy atom. The second-order valence-corrected chi connectivity index (χ2v) is 5.83. The highest BCUT2D eigenvalue weighted by molar-refractivity contribution is 5.79. The summed E-state index contributed by atoms with van der Waals surface area (Å²) < 4.78 is 19.0. The number of guanidine groups is 1. The van der Waals surface area contributed by atoms with Gasteiger partial charge in [-0.3, -0.25) is 4.99 Å². The Labute approximate surface area is 133 Å². The van der Waals surface area contributed by atoms with Crippen molar-refractivity contribution in [2.45, 2.75) is 32.6 Å². The van der Waals surface area contributed by atoms with Crippen LogP contribution in [0.1, 0.15) is 32.8 Å². The van der Waals surface area contributed by atoms with E-state index in [1.54, 1.807) is 13.2 Å². The lowest BCUT2D eigenvalue weighted by molar-refractivity contribution is 0.195. The smallest absolute Gasteiger partial charge is 0.191 e. The van der Waals surface area contributed by atoms with E-state index < -0.39 is 0 Å². The van der Waals surface area contributed by atoms with Gasteiger partial charge in [0.2, 0.25) is 0 Å². The van der Waals surface area contributed by atoms with Gasteiger partial charge in [0.1, 0.15) is 5.82 Å². The minimum atomic E-state index is -0.361. The lowest BCUT2D eigenvalue weighted by atomic mass is 9.84. The van der Waals surface area contributed by atoms with Crippen LogP contribution in [0, 0.1) is 5.82 Å². The third-order valence-corrected chi connectivity index (χ3v) is 3.40. The number of nitrogens with zero attached hydrogens (tertiary/aromatic N) is 1. The Kier molecular flexibility index (Phi) is 7.88. The molecule has 1 aromatic rings. The van der Waals surface area contributed by atoms with Crippen LogP contribution < -0.4 is 10.6 Å². The van der Waals surface area contributed by atoms with E-state index in [0.717, 1.165) is 25.5 Å². The highest BCUT2D eigenvalue weighted by Crippen LogP contribution is 2.25. The van der Waals surface area contributed by atoms with Gasteiger partial charge in [0.25, 0.3) is 0 Å². The van der Waals surface area contributed by atoms with E-state index in [-0.39, 0.29) is 11.2 Å². The third-order valence-electron chi connectivity index (χ3n) is 3.40. The zero-order valence-corrected chi connectivity index (χ0v) is 14.1. The molecular weight excluding hydrogens is 281 g/mol. The van der Waals surface area contributed by atoms with Crippen LogP contribution in [0.25, 0.3) is 0 Å². The molecule has 0 amide bonds. The molecule has 124 valence electrons. The van der Waals surface area contributed by atoms with E-state index in [0.29, 0.717) is 18.7 Å². The molecule has 0 aliphatic heterocycles. The van der Waals surface area contributed by atoms with Crippen molar-refractivity contribution in [3.63, 3.8) is 0 Å². The molecule has 0 aromatic heterocycles. The number of benzene rings is 1. The Morgan fingerprint density at radius 3 is 2.64 bits per heavy atom. The lowest BCUT2D eigenvalue weighted by Gasteiger charge is -2.24. The summed E-state index contributed by atoms with van der Waals surface area (Å²) in [5.41, 5.74) is 0.328. The molecule has 0 unspecified atom stereocenters. The zero-order valence-electron chi connectivity index (χ0n) is 14.1. The van der Waals surface area contributed by atoms with Crippen LogP contribution in [0.4, 0.5) is 4.39 Å². The molecule has 0 spiro atoms. The fourth-order valence-electron chi connectivity index (χ4n) is 2.14. The Balaban J connectivity index is 2.69. The van der Waals surface area contributed by atoms with Crippen LogP contribution in [0.15, 0.2) is 29.3 Å². The summed E-state index contributed by atoms with van der Waals surface area (Å²) in [7, 11) is 1.69. The maximum atomic E-state index is 14.0. The Bertz CT molecular complexity index is 475. The van der Waals surface area contributed by atoms with Crippen molar-refractivity contribution in [2.24, 2.45) is 4.99 Å². The van der Waals surface area contributed by atoms with E-state index >= 15 is 0 Å². The van der Waals surface area contributed by atoms with Crippen LogP contribution in [-0.2, 0) is 10.2 Å². The van der Waals surface area contributed by atoms with Gasteiger partial charge in [-0.1, -0.05) is 32.0 Å². The van der Waals surface area contributed by atoms with Gasteiger partial charge < -0.3 is 15.4 Å². The number of aliphatic imine (C=N–C) groups is 1. The maximum Gasteiger partial charge on any atom is 0.191 e. The molecule has 0 saturated heterocycles. The van der Waals surface area contributed by atoms with Gasteiger partial charge in [-0.25, -0.2) is 4.39 Å². The number of nitrogens with one attached hydrogen (secondary N) is 2. The molecule has 0 radical (unpaired) electrons. The van der Waals surface area contributed by atoms with E-state index in [4.69, 9.17) is 4.74 Å². The molecule has 1 rings (SSSR count). The van der Waals surface area contributed by atoms with Crippen molar-refractivity contribution in [3.05, 3.63) is 35.6 Å². The largest absolute Gasteiger partial charge is 0.385 e. The van der Waals surface area contributed by atoms with Crippen molar-refractivity contribution < 1.29 is 9.13 Å².